The Morgan fingerprint density at radius 2 is 1.90 bits per heavy atom. The van der Waals surface area contributed by atoms with E-state index in [0.717, 1.165) is 25.8 Å². The molecule has 0 radical (unpaired) electrons. The molecule has 0 aliphatic rings. The third kappa shape index (κ3) is 6.66. The summed E-state index contributed by atoms with van der Waals surface area (Å²) < 4.78 is 0. The summed E-state index contributed by atoms with van der Waals surface area (Å²) in [7, 11) is 0. The summed E-state index contributed by atoms with van der Waals surface area (Å²) in [5.74, 6) is -0.185. The van der Waals surface area contributed by atoms with E-state index in [1.165, 1.54) is 0 Å². The van der Waals surface area contributed by atoms with E-state index in [2.05, 4.69) is 12.2 Å². The van der Waals surface area contributed by atoms with E-state index in [4.69, 9.17) is 28.3 Å². The maximum Gasteiger partial charge on any atom is 0.238 e. The maximum atomic E-state index is 12.1. The van der Waals surface area contributed by atoms with E-state index in [0.29, 0.717) is 22.3 Å². The van der Waals surface area contributed by atoms with Gasteiger partial charge in [-0.15, -0.1) is 0 Å². The zero-order chi connectivity index (χ0) is 15.7. The lowest BCUT2D eigenvalue weighted by atomic mass is 10.2. The van der Waals surface area contributed by atoms with Crippen molar-refractivity contribution in [3.8, 4) is 0 Å². The molecule has 1 rings (SSSR count). The van der Waals surface area contributed by atoms with Crippen LogP contribution in [0.25, 0.3) is 0 Å². The van der Waals surface area contributed by atoms with E-state index < -0.39 is 0 Å². The first-order valence-corrected chi connectivity index (χ1v) is 7.91. The summed E-state index contributed by atoms with van der Waals surface area (Å²) in [6.45, 7) is 3.64. The molecule has 4 nitrogen and oxygen atoms in total. The molecule has 0 atom stereocenters. The molecule has 0 bridgehead atoms. The lowest BCUT2D eigenvalue weighted by Gasteiger charge is -2.21. The van der Waals surface area contributed by atoms with Gasteiger partial charge in [0.05, 0.1) is 28.9 Å². The molecule has 1 amide bonds. The molecule has 0 saturated heterocycles. The number of amides is 1. The molecule has 6 heteroatoms. The highest BCUT2D eigenvalue weighted by Gasteiger charge is 2.13. The summed E-state index contributed by atoms with van der Waals surface area (Å²) in [6.07, 6.45) is 3.24. The number of anilines is 1. The third-order valence-electron chi connectivity index (χ3n) is 3.09. The number of hydrogen-bond acceptors (Lipinski definition) is 3. The van der Waals surface area contributed by atoms with Crippen LogP contribution in [-0.2, 0) is 4.79 Å². The Hall–Kier alpha value is -0.810. The standard InChI is InChI=1S/C15H22Cl2N2O2/c1-2-3-4-8-19(9-10-20)11-14(21)18-15-12(16)6-5-7-13(15)17/h5-7,20H,2-4,8-11H2,1H3,(H,18,21). The van der Waals surface area contributed by atoms with Crippen molar-refractivity contribution in [3.63, 3.8) is 0 Å². The fraction of sp³-hybridized carbons (Fsp3) is 0.533. The van der Waals surface area contributed by atoms with Crippen LogP contribution in [0.3, 0.4) is 0 Å². The van der Waals surface area contributed by atoms with Crippen molar-refractivity contribution in [1.82, 2.24) is 4.90 Å². The van der Waals surface area contributed by atoms with Crippen LogP contribution in [0.2, 0.25) is 10.0 Å². The normalized spacial score (nSPS) is 10.9. The van der Waals surface area contributed by atoms with E-state index in [9.17, 15) is 4.79 Å². The van der Waals surface area contributed by atoms with Crippen LogP contribution in [0.4, 0.5) is 5.69 Å². The van der Waals surface area contributed by atoms with Gasteiger partial charge in [-0.3, -0.25) is 9.69 Å². The Labute approximate surface area is 136 Å². The quantitative estimate of drug-likeness (QED) is 0.681. The monoisotopic (exact) mass is 332 g/mol. The van der Waals surface area contributed by atoms with Gasteiger partial charge in [0, 0.05) is 6.54 Å². The summed E-state index contributed by atoms with van der Waals surface area (Å²) in [6, 6.07) is 5.08. The number of nitrogens with one attached hydrogen (secondary N) is 1. The van der Waals surface area contributed by atoms with Crippen molar-refractivity contribution in [2.75, 3.05) is 31.6 Å². The summed E-state index contributed by atoms with van der Waals surface area (Å²) >= 11 is 12.0. The number of nitrogens with zero attached hydrogens (tertiary/aromatic N) is 1. The predicted octanol–water partition coefficient (Wildman–Crippen LogP) is 3.42. The van der Waals surface area contributed by atoms with Gasteiger partial charge >= 0.3 is 0 Å². The average molecular weight is 333 g/mol. The number of para-hydroxylation sites is 1. The first-order chi connectivity index (χ1) is 10.1. The SMILES string of the molecule is CCCCCN(CCO)CC(=O)Nc1c(Cl)cccc1Cl. The molecule has 1 aromatic rings. The number of unbranched alkanes of at least 4 members (excludes halogenated alkanes) is 2. The molecule has 0 unspecified atom stereocenters. The lowest BCUT2D eigenvalue weighted by Crippen LogP contribution is -2.36. The minimum atomic E-state index is -0.185. The molecular formula is C15H22Cl2N2O2. The highest BCUT2D eigenvalue weighted by atomic mass is 35.5. The summed E-state index contributed by atoms with van der Waals surface area (Å²) in [4.78, 5) is 14.0. The molecule has 1 aromatic carbocycles. The first kappa shape index (κ1) is 18.2. The molecule has 0 aromatic heterocycles. The minimum Gasteiger partial charge on any atom is -0.395 e. The Kier molecular flexibility index (Phi) is 8.69. The first-order valence-electron chi connectivity index (χ1n) is 7.15. The molecule has 0 fully saturated rings. The number of carbonyl (C=O) groups excluding carboxylic acids is 1. The second kappa shape index (κ2) is 10.0. The molecule has 0 aliphatic carbocycles. The maximum absolute atomic E-state index is 12.1. The Morgan fingerprint density at radius 3 is 2.48 bits per heavy atom. The van der Waals surface area contributed by atoms with Crippen LogP contribution in [0.5, 0.6) is 0 Å². The summed E-state index contributed by atoms with van der Waals surface area (Å²) in [5.41, 5.74) is 0.434. The third-order valence-corrected chi connectivity index (χ3v) is 3.72. The Bertz CT molecular complexity index is 435. The van der Waals surface area contributed by atoms with E-state index in [-0.39, 0.29) is 19.1 Å². The van der Waals surface area contributed by atoms with Gasteiger partial charge in [0.25, 0.3) is 0 Å². The Morgan fingerprint density at radius 1 is 1.24 bits per heavy atom. The van der Waals surface area contributed by atoms with E-state index >= 15 is 0 Å². The lowest BCUT2D eigenvalue weighted by molar-refractivity contribution is -0.117. The van der Waals surface area contributed by atoms with Crippen molar-refractivity contribution in [2.24, 2.45) is 0 Å². The minimum absolute atomic E-state index is 0.0340. The average Bonchev–Trinajstić information content (AvgIpc) is 2.43. The molecule has 2 N–H and O–H groups in total. The van der Waals surface area contributed by atoms with Crippen LogP contribution in [0.15, 0.2) is 18.2 Å². The topological polar surface area (TPSA) is 52.6 Å². The number of aliphatic hydroxyl groups is 1. The van der Waals surface area contributed by atoms with Crippen molar-refractivity contribution >= 4 is 34.8 Å². The van der Waals surface area contributed by atoms with Crippen LogP contribution < -0.4 is 5.32 Å². The van der Waals surface area contributed by atoms with Gasteiger partial charge in [-0.1, -0.05) is 49.0 Å². The molecular weight excluding hydrogens is 311 g/mol. The number of aliphatic hydroxyl groups excluding tert-OH is 1. The fourth-order valence-electron chi connectivity index (χ4n) is 2.00. The fourth-order valence-corrected chi connectivity index (χ4v) is 2.49. The highest BCUT2D eigenvalue weighted by molar-refractivity contribution is 6.39. The zero-order valence-electron chi connectivity index (χ0n) is 12.2. The Balaban J connectivity index is 2.56. The zero-order valence-corrected chi connectivity index (χ0v) is 13.8. The molecule has 0 aliphatic heterocycles. The smallest absolute Gasteiger partial charge is 0.238 e. The second-order valence-corrected chi connectivity index (χ2v) is 5.67. The van der Waals surface area contributed by atoms with Crippen LogP contribution in [0, 0.1) is 0 Å². The predicted molar refractivity (Wildman–Crippen MR) is 88.1 cm³/mol. The summed E-state index contributed by atoms with van der Waals surface area (Å²) in [5, 5.41) is 12.6. The molecule has 118 valence electrons. The number of rotatable bonds is 9. The number of hydrogen-bond donors (Lipinski definition) is 2. The highest BCUT2D eigenvalue weighted by Crippen LogP contribution is 2.29. The molecule has 0 spiro atoms. The van der Waals surface area contributed by atoms with Gasteiger partial charge < -0.3 is 10.4 Å². The van der Waals surface area contributed by atoms with Gasteiger partial charge in [0.15, 0.2) is 0 Å². The number of carbonyl (C=O) groups is 1. The molecule has 0 heterocycles. The van der Waals surface area contributed by atoms with Crippen LogP contribution in [-0.4, -0.2) is 42.2 Å². The van der Waals surface area contributed by atoms with Gasteiger partial charge in [0.1, 0.15) is 0 Å². The number of halogens is 2. The van der Waals surface area contributed by atoms with Crippen molar-refractivity contribution in [3.05, 3.63) is 28.2 Å². The van der Waals surface area contributed by atoms with Crippen molar-refractivity contribution in [2.45, 2.75) is 26.2 Å². The molecule has 21 heavy (non-hydrogen) atoms. The van der Waals surface area contributed by atoms with E-state index in [1.54, 1.807) is 18.2 Å². The van der Waals surface area contributed by atoms with E-state index in [1.807, 2.05) is 4.90 Å². The van der Waals surface area contributed by atoms with Gasteiger partial charge in [-0.05, 0) is 25.1 Å². The largest absolute Gasteiger partial charge is 0.395 e. The van der Waals surface area contributed by atoms with Crippen LogP contribution in [0.1, 0.15) is 26.2 Å². The molecule has 0 saturated carbocycles. The van der Waals surface area contributed by atoms with Gasteiger partial charge in [-0.25, -0.2) is 0 Å². The number of benzene rings is 1. The van der Waals surface area contributed by atoms with Crippen molar-refractivity contribution < 1.29 is 9.90 Å². The van der Waals surface area contributed by atoms with Crippen molar-refractivity contribution in [1.29, 1.82) is 0 Å². The van der Waals surface area contributed by atoms with Crippen LogP contribution >= 0.6 is 23.2 Å². The van der Waals surface area contributed by atoms with Gasteiger partial charge in [0.2, 0.25) is 5.91 Å². The second-order valence-electron chi connectivity index (χ2n) is 4.85. The van der Waals surface area contributed by atoms with Gasteiger partial charge in [-0.2, -0.15) is 0 Å².